The minimum absolute atomic E-state index is 0.153. The maximum atomic E-state index is 13.8. The standard InChI is InChI=1S/C27H26BrN3O5/c1-17(30(2)24(32)16-36-18-10-6-5-7-11-18)26-29-21-13-9-8-12-20(21)27(33)31(26)22-14-19(34-3)15-23(35-4)25(22)28/h5-15,17H,16H2,1-4H3. The molecule has 4 rings (SSSR count). The zero-order valence-electron chi connectivity index (χ0n) is 20.4. The molecule has 3 aromatic carbocycles. The highest BCUT2D eigenvalue weighted by Crippen LogP contribution is 2.36. The van der Waals surface area contributed by atoms with Gasteiger partial charge in [-0.2, -0.15) is 0 Å². The number of halogens is 1. The third kappa shape index (κ3) is 4.92. The van der Waals surface area contributed by atoms with Gasteiger partial charge in [-0.1, -0.05) is 30.3 Å². The first-order valence-corrected chi connectivity index (χ1v) is 12.0. The molecule has 36 heavy (non-hydrogen) atoms. The van der Waals surface area contributed by atoms with Gasteiger partial charge in [0.2, 0.25) is 0 Å². The second kappa shape index (κ2) is 10.8. The average molecular weight is 552 g/mol. The SMILES string of the molecule is COc1cc(OC)c(Br)c(-n2c(C(C)N(C)C(=O)COc3ccccc3)nc3ccccc3c2=O)c1. The van der Waals surface area contributed by atoms with Gasteiger partial charge in [-0.3, -0.25) is 14.2 Å². The van der Waals surface area contributed by atoms with Crippen LogP contribution >= 0.6 is 15.9 Å². The molecule has 1 aromatic heterocycles. The van der Waals surface area contributed by atoms with E-state index in [1.54, 1.807) is 49.5 Å². The predicted octanol–water partition coefficient (Wildman–Crippen LogP) is 4.76. The molecule has 1 heterocycles. The summed E-state index contributed by atoms with van der Waals surface area (Å²) in [4.78, 5) is 33.2. The Morgan fingerprint density at radius 1 is 1.03 bits per heavy atom. The van der Waals surface area contributed by atoms with E-state index in [9.17, 15) is 9.59 Å². The second-order valence-electron chi connectivity index (χ2n) is 8.07. The number of methoxy groups -OCH3 is 2. The van der Waals surface area contributed by atoms with E-state index in [4.69, 9.17) is 19.2 Å². The molecular weight excluding hydrogens is 526 g/mol. The van der Waals surface area contributed by atoms with Crippen molar-refractivity contribution in [3.8, 4) is 22.9 Å². The van der Waals surface area contributed by atoms with Crippen LogP contribution < -0.4 is 19.8 Å². The molecule has 0 saturated carbocycles. The first kappa shape index (κ1) is 25.2. The molecule has 0 bridgehead atoms. The number of carbonyl (C=O) groups is 1. The minimum Gasteiger partial charge on any atom is -0.497 e. The number of likely N-dealkylation sites (N-methyl/N-ethyl adjacent to an activating group) is 1. The zero-order valence-corrected chi connectivity index (χ0v) is 22.0. The quantitative estimate of drug-likeness (QED) is 0.314. The van der Waals surface area contributed by atoms with E-state index < -0.39 is 6.04 Å². The number of fused-ring (bicyclic) bond motifs is 1. The number of nitrogens with zero attached hydrogens (tertiary/aromatic N) is 3. The summed E-state index contributed by atoms with van der Waals surface area (Å²) in [6.45, 7) is 1.66. The molecule has 0 radical (unpaired) electrons. The molecule has 1 unspecified atom stereocenters. The van der Waals surface area contributed by atoms with Gasteiger partial charge in [0.1, 0.15) is 23.1 Å². The Labute approximate surface area is 217 Å². The van der Waals surface area contributed by atoms with E-state index in [0.717, 1.165) is 0 Å². The van der Waals surface area contributed by atoms with Gasteiger partial charge in [-0.15, -0.1) is 0 Å². The Morgan fingerprint density at radius 3 is 2.42 bits per heavy atom. The van der Waals surface area contributed by atoms with Crippen LogP contribution in [-0.2, 0) is 4.79 Å². The molecule has 0 fully saturated rings. The number of para-hydroxylation sites is 2. The molecular formula is C27H26BrN3O5. The summed E-state index contributed by atoms with van der Waals surface area (Å²) in [5, 5.41) is 0.448. The van der Waals surface area contributed by atoms with E-state index in [1.165, 1.54) is 23.7 Å². The van der Waals surface area contributed by atoms with E-state index in [1.807, 2.05) is 31.2 Å². The second-order valence-corrected chi connectivity index (χ2v) is 8.87. The predicted molar refractivity (Wildman–Crippen MR) is 141 cm³/mol. The maximum Gasteiger partial charge on any atom is 0.266 e. The molecule has 8 nitrogen and oxygen atoms in total. The number of benzene rings is 3. The van der Waals surface area contributed by atoms with Crippen LogP contribution in [0.15, 0.2) is 76.0 Å². The maximum absolute atomic E-state index is 13.8. The summed E-state index contributed by atoms with van der Waals surface area (Å²) >= 11 is 3.57. The highest BCUT2D eigenvalue weighted by molar-refractivity contribution is 9.10. The minimum atomic E-state index is -0.571. The van der Waals surface area contributed by atoms with Crippen molar-refractivity contribution < 1.29 is 19.0 Å². The van der Waals surface area contributed by atoms with Crippen molar-refractivity contribution in [2.24, 2.45) is 0 Å². The molecule has 1 amide bonds. The number of rotatable bonds is 8. The van der Waals surface area contributed by atoms with Crippen LogP contribution in [-0.4, -0.2) is 48.2 Å². The Kier molecular flexibility index (Phi) is 7.59. The number of amides is 1. The van der Waals surface area contributed by atoms with Gasteiger partial charge < -0.3 is 19.1 Å². The van der Waals surface area contributed by atoms with Gasteiger partial charge in [0, 0.05) is 19.2 Å². The third-order valence-electron chi connectivity index (χ3n) is 5.95. The van der Waals surface area contributed by atoms with Crippen molar-refractivity contribution in [3.63, 3.8) is 0 Å². The van der Waals surface area contributed by atoms with E-state index >= 15 is 0 Å². The van der Waals surface area contributed by atoms with Crippen LogP contribution in [0, 0.1) is 0 Å². The average Bonchev–Trinajstić information content (AvgIpc) is 2.91. The van der Waals surface area contributed by atoms with Crippen molar-refractivity contribution in [2.45, 2.75) is 13.0 Å². The van der Waals surface area contributed by atoms with E-state index in [0.29, 0.717) is 44.1 Å². The third-order valence-corrected chi connectivity index (χ3v) is 6.74. The monoisotopic (exact) mass is 551 g/mol. The van der Waals surface area contributed by atoms with Crippen LogP contribution in [0.5, 0.6) is 17.2 Å². The summed E-state index contributed by atoms with van der Waals surface area (Å²) in [7, 11) is 4.73. The summed E-state index contributed by atoms with van der Waals surface area (Å²) in [6.07, 6.45) is 0. The first-order valence-electron chi connectivity index (χ1n) is 11.2. The molecule has 1 atom stereocenters. The van der Waals surface area contributed by atoms with Crippen LogP contribution in [0.25, 0.3) is 16.6 Å². The Balaban J connectivity index is 1.82. The van der Waals surface area contributed by atoms with Crippen molar-refractivity contribution in [3.05, 3.63) is 87.4 Å². The number of hydrogen-bond acceptors (Lipinski definition) is 6. The fourth-order valence-corrected chi connectivity index (χ4v) is 4.37. The highest BCUT2D eigenvalue weighted by atomic mass is 79.9. The summed E-state index contributed by atoms with van der Waals surface area (Å²) < 4.78 is 18.6. The Bertz CT molecular complexity index is 1460. The van der Waals surface area contributed by atoms with Crippen molar-refractivity contribution >= 4 is 32.7 Å². The molecule has 0 aliphatic heterocycles. The van der Waals surface area contributed by atoms with Crippen molar-refractivity contribution in [1.29, 1.82) is 0 Å². The lowest BCUT2D eigenvalue weighted by Crippen LogP contribution is -2.37. The van der Waals surface area contributed by atoms with Crippen LogP contribution in [0.4, 0.5) is 0 Å². The zero-order chi connectivity index (χ0) is 25.8. The lowest BCUT2D eigenvalue weighted by molar-refractivity contribution is -0.134. The lowest BCUT2D eigenvalue weighted by Gasteiger charge is -2.27. The number of carbonyl (C=O) groups excluding carboxylic acids is 1. The van der Waals surface area contributed by atoms with Crippen molar-refractivity contribution in [1.82, 2.24) is 14.5 Å². The van der Waals surface area contributed by atoms with Crippen LogP contribution in [0.3, 0.4) is 0 Å². The summed E-state index contributed by atoms with van der Waals surface area (Å²) in [5.41, 5.74) is 0.741. The van der Waals surface area contributed by atoms with Gasteiger partial charge in [-0.05, 0) is 47.1 Å². The number of hydrogen-bond donors (Lipinski definition) is 0. The van der Waals surface area contributed by atoms with E-state index in [-0.39, 0.29) is 18.1 Å². The van der Waals surface area contributed by atoms with Gasteiger partial charge in [0.25, 0.3) is 11.5 Å². The summed E-state index contributed by atoms with van der Waals surface area (Å²) in [6, 6.07) is 19.1. The summed E-state index contributed by atoms with van der Waals surface area (Å²) in [5.74, 6) is 1.71. The van der Waals surface area contributed by atoms with Gasteiger partial charge in [-0.25, -0.2) is 4.98 Å². The highest BCUT2D eigenvalue weighted by Gasteiger charge is 2.26. The molecule has 9 heteroatoms. The normalized spacial score (nSPS) is 11.7. The smallest absolute Gasteiger partial charge is 0.266 e. The number of aromatic nitrogens is 2. The van der Waals surface area contributed by atoms with Gasteiger partial charge in [0.15, 0.2) is 6.61 Å². The van der Waals surface area contributed by atoms with Crippen molar-refractivity contribution in [2.75, 3.05) is 27.9 Å². The molecule has 0 aliphatic carbocycles. The first-order chi connectivity index (χ1) is 17.3. The molecule has 186 valence electrons. The topological polar surface area (TPSA) is 82.9 Å². The van der Waals surface area contributed by atoms with Crippen LogP contribution in [0.1, 0.15) is 18.8 Å². The molecule has 0 saturated heterocycles. The fourth-order valence-electron chi connectivity index (χ4n) is 3.80. The Hall–Kier alpha value is -3.85. The van der Waals surface area contributed by atoms with Gasteiger partial charge >= 0.3 is 0 Å². The Morgan fingerprint density at radius 2 is 1.72 bits per heavy atom. The molecule has 4 aromatic rings. The number of ether oxygens (including phenoxy) is 3. The molecule has 0 N–H and O–H groups in total. The van der Waals surface area contributed by atoms with Gasteiger partial charge in [0.05, 0.1) is 41.3 Å². The van der Waals surface area contributed by atoms with E-state index in [2.05, 4.69) is 15.9 Å². The fraction of sp³-hybridized carbons (Fsp3) is 0.222. The largest absolute Gasteiger partial charge is 0.497 e. The molecule has 0 aliphatic rings. The van der Waals surface area contributed by atoms with Crippen LogP contribution in [0.2, 0.25) is 0 Å². The molecule has 0 spiro atoms. The lowest BCUT2D eigenvalue weighted by atomic mass is 10.2.